The molecule has 0 aliphatic carbocycles. The van der Waals surface area contributed by atoms with Gasteiger partial charge in [0.15, 0.2) is 0 Å². The van der Waals surface area contributed by atoms with Crippen LogP contribution in [0.25, 0.3) is 11.3 Å². The maximum Gasteiger partial charge on any atom is 0.276 e. The summed E-state index contributed by atoms with van der Waals surface area (Å²) in [6, 6.07) is 11.1. The van der Waals surface area contributed by atoms with Crippen molar-refractivity contribution in [2.24, 2.45) is 5.73 Å². The molecule has 2 amide bonds. The molecule has 0 radical (unpaired) electrons. The molecule has 1 aliphatic heterocycles. The van der Waals surface area contributed by atoms with Gasteiger partial charge in [0.05, 0.1) is 17.0 Å². The first-order valence-electron chi connectivity index (χ1n) is 10.8. The van der Waals surface area contributed by atoms with Gasteiger partial charge in [-0.3, -0.25) is 19.7 Å². The van der Waals surface area contributed by atoms with Gasteiger partial charge < -0.3 is 21.1 Å². The summed E-state index contributed by atoms with van der Waals surface area (Å²) in [5, 5.41) is 15.7. The van der Waals surface area contributed by atoms with Gasteiger partial charge >= 0.3 is 0 Å². The Morgan fingerprint density at radius 1 is 1.23 bits per heavy atom. The van der Waals surface area contributed by atoms with Crippen LogP contribution in [0.3, 0.4) is 0 Å². The van der Waals surface area contributed by atoms with E-state index in [4.69, 9.17) is 16.2 Å². The first-order valence-corrected chi connectivity index (χ1v) is 10.8. The lowest BCUT2D eigenvalue weighted by atomic mass is 10.1. The zero-order valence-corrected chi connectivity index (χ0v) is 19.0. The molecule has 2 aromatic carbocycles. The van der Waals surface area contributed by atoms with Gasteiger partial charge in [0, 0.05) is 24.2 Å². The Hall–Kier alpha value is -4.67. The van der Waals surface area contributed by atoms with E-state index >= 15 is 0 Å². The predicted octanol–water partition coefficient (Wildman–Crippen LogP) is 3.20. The summed E-state index contributed by atoms with van der Waals surface area (Å²) in [5.74, 6) is 0.00406. The monoisotopic (exact) mass is 476 g/mol. The molecule has 180 valence electrons. The lowest BCUT2D eigenvalue weighted by molar-refractivity contribution is -0.385. The highest BCUT2D eigenvalue weighted by molar-refractivity contribution is 6.03. The zero-order valence-electron chi connectivity index (χ0n) is 19.0. The van der Waals surface area contributed by atoms with Crippen molar-refractivity contribution in [1.82, 2.24) is 14.7 Å². The number of likely N-dealkylation sites (tertiary alicyclic amines) is 1. The highest BCUT2D eigenvalue weighted by Crippen LogP contribution is 2.34. The molecule has 1 fully saturated rings. The number of ether oxygens (including phenoxy) is 1. The number of primary amides is 1. The molecule has 1 aliphatic rings. The topological polar surface area (TPSA) is 160 Å². The number of amides is 2. The molecule has 11 heteroatoms. The van der Waals surface area contributed by atoms with E-state index in [9.17, 15) is 19.7 Å². The Morgan fingerprint density at radius 2 is 1.91 bits per heavy atom. The number of nitrogens with two attached hydrogens (primary N) is 2. The van der Waals surface area contributed by atoms with Crippen molar-refractivity contribution in [3.8, 4) is 22.8 Å². The van der Waals surface area contributed by atoms with Crippen molar-refractivity contribution < 1.29 is 19.2 Å². The number of carbonyl (C=O) groups is 2. The number of hydrogen-bond acceptors (Lipinski definition) is 7. The van der Waals surface area contributed by atoms with E-state index < -0.39 is 10.8 Å². The maximum absolute atomic E-state index is 12.2. The average molecular weight is 476 g/mol. The predicted molar refractivity (Wildman–Crippen MR) is 129 cm³/mol. The van der Waals surface area contributed by atoms with Gasteiger partial charge in [0.25, 0.3) is 11.6 Å². The minimum absolute atomic E-state index is 0.0356. The van der Waals surface area contributed by atoms with Crippen molar-refractivity contribution >= 4 is 23.3 Å². The smallest absolute Gasteiger partial charge is 0.276 e. The lowest BCUT2D eigenvalue weighted by Crippen LogP contribution is -2.27. The average Bonchev–Trinajstić information content (AvgIpc) is 3.45. The van der Waals surface area contributed by atoms with E-state index in [-0.39, 0.29) is 29.0 Å². The molecule has 3 aromatic rings. The summed E-state index contributed by atoms with van der Waals surface area (Å²) >= 11 is 0. The molecular formula is C24H24N6O5. The summed E-state index contributed by atoms with van der Waals surface area (Å²) in [6.45, 7) is 6.08. The number of benzene rings is 2. The van der Waals surface area contributed by atoms with E-state index in [0.717, 1.165) is 0 Å². The molecule has 0 saturated carbocycles. The number of nitrogen functional groups attached to an aromatic ring is 1. The quantitative estimate of drug-likeness (QED) is 0.301. The minimum Gasteiger partial charge on any atom is -0.457 e. The lowest BCUT2D eigenvalue weighted by Gasteiger charge is -2.15. The number of carbonyl (C=O) groups excluding carboxylic acids is 2. The normalized spacial score (nSPS) is 15.1. The van der Waals surface area contributed by atoms with Crippen molar-refractivity contribution in [3.05, 3.63) is 76.4 Å². The van der Waals surface area contributed by atoms with Crippen LogP contribution in [-0.4, -0.2) is 44.5 Å². The number of nitro benzene ring substituents is 1. The van der Waals surface area contributed by atoms with E-state index in [2.05, 4.69) is 11.7 Å². The van der Waals surface area contributed by atoms with Crippen LogP contribution in [0.2, 0.25) is 0 Å². The fourth-order valence-electron chi connectivity index (χ4n) is 4.11. The van der Waals surface area contributed by atoms with Crippen molar-refractivity contribution in [2.45, 2.75) is 19.4 Å². The molecular weight excluding hydrogens is 452 g/mol. The molecule has 1 atom stereocenters. The van der Waals surface area contributed by atoms with Gasteiger partial charge in [-0.05, 0) is 55.8 Å². The molecule has 2 heterocycles. The zero-order chi connectivity index (χ0) is 25.3. The number of nitrogens with zero attached hydrogens (tertiary/aromatic N) is 4. The van der Waals surface area contributed by atoms with Crippen molar-refractivity contribution in [1.29, 1.82) is 0 Å². The van der Waals surface area contributed by atoms with Crippen LogP contribution in [0.4, 0.5) is 11.5 Å². The number of nitro groups is 1. The number of aromatic nitrogens is 2. The standard InChI is InChI=1S/C24H24N6O5/c1-3-20(31)28-11-10-16(13-28)29-23(25)21(24(26)32)22(27-29)15-5-8-17(9-6-15)35-18-7-4-14(2)19(12-18)30(33)34/h3-9,12,16H,1,10-11,13,25H2,2H3,(H2,26,32). The largest absolute Gasteiger partial charge is 0.457 e. The molecule has 4 rings (SSSR count). The SMILES string of the molecule is C=CC(=O)N1CCC(n2nc(-c3ccc(Oc4ccc(C)c([N+](=O)[O-])c4)cc3)c(C(N)=O)c2N)C1. The van der Waals surface area contributed by atoms with Gasteiger partial charge in [-0.15, -0.1) is 0 Å². The molecule has 1 aromatic heterocycles. The van der Waals surface area contributed by atoms with Gasteiger partial charge in [-0.2, -0.15) is 5.10 Å². The van der Waals surface area contributed by atoms with Gasteiger partial charge in [0.1, 0.15) is 28.6 Å². The van der Waals surface area contributed by atoms with Crippen molar-refractivity contribution in [2.75, 3.05) is 18.8 Å². The van der Waals surface area contributed by atoms with Crippen LogP contribution in [0.1, 0.15) is 28.4 Å². The number of aryl methyl sites for hydroxylation is 1. The fraction of sp³-hybridized carbons (Fsp3) is 0.208. The Labute approximate surface area is 200 Å². The summed E-state index contributed by atoms with van der Waals surface area (Å²) < 4.78 is 7.30. The number of rotatable bonds is 7. The van der Waals surface area contributed by atoms with E-state index in [0.29, 0.717) is 47.8 Å². The molecule has 11 nitrogen and oxygen atoms in total. The Kier molecular flexibility index (Phi) is 6.24. The second-order valence-corrected chi connectivity index (χ2v) is 8.18. The highest BCUT2D eigenvalue weighted by atomic mass is 16.6. The van der Waals surface area contributed by atoms with Crippen LogP contribution >= 0.6 is 0 Å². The van der Waals surface area contributed by atoms with Crippen LogP contribution in [0, 0.1) is 17.0 Å². The third-order valence-electron chi connectivity index (χ3n) is 5.93. The van der Waals surface area contributed by atoms with E-state index in [1.54, 1.807) is 52.9 Å². The first-order chi connectivity index (χ1) is 16.7. The van der Waals surface area contributed by atoms with Gasteiger partial charge in [0.2, 0.25) is 5.91 Å². The third-order valence-corrected chi connectivity index (χ3v) is 5.93. The van der Waals surface area contributed by atoms with Crippen LogP contribution in [0.15, 0.2) is 55.1 Å². The van der Waals surface area contributed by atoms with Crippen LogP contribution < -0.4 is 16.2 Å². The van der Waals surface area contributed by atoms with Crippen LogP contribution in [0.5, 0.6) is 11.5 Å². The van der Waals surface area contributed by atoms with Gasteiger partial charge in [-0.1, -0.05) is 6.58 Å². The summed E-state index contributed by atoms with van der Waals surface area (Å²) in [5.41, 5.74) is 13.4. The first kappa shape index (κ1) is 23.5. The Morgan fingerprint density at radius 3 is 2.54 bits per heavy atom. The molecule has 0 spiro atoms. The van der Waals surface area contributed by atoms with E-state index in [1.165, 1.54) is 12.1 Å². The molecule has 1 saturated heterocycles. The number of hydrogen-bond donors (Lipinski definition) is 2. The maximum atomic E-state index is 12.2. The Bertz CT molecular complexity index is 1330. The number of anilines is 1. The third kappa shape index (κ3) is 4.56. The summed E-state index contributed by atoms with van der Waals surface area (Å²) in [7, 11) is 0. The second kappa shape index (κ2) is 9.29. The Balaban J connectivity index is 1.61. The molecule has 0 bridgehead atoms. The minimum atomic E-state index is -0.715. The summed E-state index contributed by atoms with van der Waals surface area (Å²) in [6.07, 6.45) is 1.88. The summed E-state index contributed by atoms with van der Waals surface area (Å²) in [4.78, 5) is 36.5. The highest BCUT2D eigenvalue weighted by Gasteiger charge is 2.31. The van der Waals surface area contributed by atoms with Crippen LogP contribution in [-0.2, 0) is 4.79 Å². The van der Waals surface area contributed by atoms with Gasteiger partial charge in [-0.25, -0.2) is 4.68 Å². The van der Waals surface area contributed by atoms with E-state index in [1.807, 2.05) is 0 Å². The van der Waals surface area contributed by atoms with Crippen molar-refractivity contribution in [3.63, 3.8) is 0 Å². The molecule has 35 heavy (non-hydrogen) atoms. The fourth-order valence-corrected chi connectivity index (χ4v) is 4.11. The molecule has 1 unspecified atom stereocenters. The molecule has 4 N–H and O–H groups in total. The second-order valence-electron chi connectivity index (χ2n) is 8.18.